The maximum Gasteiger partial charge on any atom is 0.416 e. The van der Waals surface area contributed by atoms with E-state index >= 15 is 0 Å². The van der Waals surface area contributed by atoms with Crippen LogP contribution in [0, 0.1) is 13.8 Å². The van der Waals surface area contributed by atoms with Crippen molar-refractivity contribution < 1.29 is 18.0 Å². The minimum Gasteiger partial charge on any atom is -0.321 e. The molecule has 0 saturated heterocycles. The Morgan fingerprint density at radius 1 is 0.912 bits per heavy atom. The molecule has 0 aliphatic carbocycles. The van der Waals surface area contributed by atoms with E-state index in [4.69, 9.17) is 0 Å². The Hall–Kier alpha value is -4.27. The van der Waals surface area contributed by atoms with Gasteiger partial charge in [-0.2, -0.15) is 18.3 Å². The Balaban J connectivity index is 1.53. The molecule has 5 rings (SSSR count). The number of rotatable bonds is 3. The number of carbonyl (C=O) groups excluding carboxylic acids is 1. The van der Waals surface area contributed by atoms with Crippen LogP contribution in [-0.2, 0) is 6.18 Å². The second kappa shape index (κ2) is 7.95. The molecule has 0 radical (unpaired) electrons. The van der Waals surface area contributed by atoms with Crippen LogP contribution in [0.3, 0.4) is 0 Å². The van der Waals surface area contributed by atoms with Crippen LogP contribution in [0.1, 0.15) is 27.4 Å². The van der Waals surface area contributed by atoms with Crippen molar-refractivity contribution in [2.75, 3.05) is 5.32 Å². The summed E-state index contributed by atoms with van der Waals surface area (Å²) < 4.78 is 39.9. The molecule has 0 unspecified atom stereocenters. The van der Waals surface area contributed by atoms with Gasteiger partial charge in [-0.3, -0.25) is 4.79 Å². The molecule has 0 aliphatic heterocycles. The standard InChI is InChI=1S/C25H18F3N5O/c1-14-21(20-9-5-7-16-6-3-4-8-19(16)20)23-31-30-22(15(2)33(23)32-14)24(34)29-18-12-10-17(11-13-18)25(26,27)28/h3-13H,1-2H3,(H,29,34). The fourth-order valence-electron chi connectivity index (χ4n) is 4.01. The van der Waals surface area contributed by atoms with E-state index in [1.54, 1.807) is 11.4 Å². The molecule has 0 aliphatic rings. The van der Waals surface area contributed by atoms with E-state index in [9.17, 15) is 18.0 Å². The Morgan fingerprint density at radius 2 is 1.62 bits per heavy atom. The van der Waals surface area contributed by atoms with E-state index in [0.29, 0.717) is 11.3 Å². The number of amides is 1. The lowest BCUT2D eigenvalue weighted by Crippen LogP contribution is -2.18. The first-order valence-corrected chi connectivity index (χ1v) is 10.4. The molecule has 0 saturated carbocycles. The van der Waals surface area contributed by atoms with Crippen LogP contribution < -0.4 is 5.32 Å². The third kappa shape index (κ3) is 3.64. The van der Waals surface area contributed by atoms with E-state index in [0.717, 1.165) is 39.7 Å². The average Bonchev–Trinajstić information content (AvgIpc) is 3.15. The molecule has 0 atom stereocenters. The topological polar surface area (TPSA) is 72.2 Å². The molecular weight excluding hydrogens is 443 g/mol. The molecule has 170 valence electrons. The van der Waals surface area contributed by atoms with Gasteiger partial charge in [0.15, 0.2) is 11.3 Å². The summed E-state index contributed by atoms with van der Waals surface area (Å²) in [5, 5.41) is 17.7. The molecule has 1 N–H and O–H groups in total. The summed E-state index contributed by atoms with van der Waals surface area (Å²) in [6.45, 7) is 3.57. The first-order valence-electron chi connectivity index (χ1n) is 10.4. The SMILES string of the molecule is Cc1nn2c(C)c(C(=O)Nc3ccc(C(F)(F)F)cc3)nnc2c1-c1cccc2ccccc12. The van der Waals surface area contributed by atoms with Gasteiger partial charge in [-0.1, -0.05) is 42.5 Å². The number of aromatic nitrogens is 4. The van der Waals surface area contributed by atoms with Crippen molar-refractivity contribution in [1.29, 1.82) is 0 Å². The molecule has 0 spiro atoms. The highest BCUT2D eigenvalue weighted by Crippen LogP contribution is 2.34. The molecular formula is C25H18F3N5O. The predicted molar refractivity (Wildman–Crippen MR) is 123 cm³/mol. The van der Waals surface area contributed by atoms with Crippen molar-refractivity contribution in [1.82, 2.24) is 19.8 Å². The van der Waals surface area contributed by atoms with Crippen molar-refractivity contribution in [2.45, 2.75) is 20.0 Å². The summed E-state index contributed by atoms with van der Waals surface area (Å²) in [6, 6.07) is 18.2. The number of anilines is 1. The largest absolute Gasteiger partial charge is 0.416 e. The Kier molecular flexibility index (Phi) is 5.04. The van der Waals surface area contributed by atoms with Crippen LogP contribution >= 0.6 is 0 Å². The smallest absolute Gasteiger partial charge is 0.321 e. The van der Waals surface area contributed by atoms with Gasteiger partial charge in [-0.25, -0.2) is 4.52 Å². The van der Waals surface area contributed by atoms with Crippen LogP contribution in [0.15, 0.2) is 66.7 Å². The number of nitrogens with zero attached hydrogens (tertiary/aromatic N) is 4. The molecule has 2 heterocycles. The fraction of sp³-hybridized carbons (Fsp3) is 0.120. The van der Waals surface area contributed by atoms with E-state index in [2.05, 4.69) is 20.6 Å². The number of carbonyl (C=O) groups is 1. The summed E-state index contributed by atoms with van der Waals surface area (Å²) in [5.41, 5.74) is 2.93. The zero-order chi connectivity index (χ0) is 24.0. The fourth-order valence-corrected chi connectivity index (χ4v) is 4.01. The third-order valence-corrected chi connectivity index (χ3v) is 5.69. The number of hydrogen-bond donors (Lipinski definition) is 1. The first kappa shape index (κ1) is 21.6. The zero-order valence-corrected chi connectivity index (χ0v) is 18.2. The lowest BCUT2D eigenvalue weighted by molar-refractivity contribution is -0.137. The Labute approximate surface area is 192 Å². The number of fused-ring (bicyclic) bond motifs is 2. The Morgan fingerprint density at radius 3 is 2.35 bits per heavy atom. The number of nitrogens with one attached hydrogen (secondary N) is 1. The first-order chi connectivity index (χ1) is 16.2. The number of benzene rings is 3. The normalized spacial score (nSPS) is 11.8. The summed E-state index contributed by atoms with van der Waals surface area (Å²) in [6.07, 6.45) is -4.45. The molecule has 34 heavy (non-hydrogen) atoms. The summed E-state index contributed by atoms with van der Waals surface area (Å²) in [5.74, 6) is -0.591. The minimum atomic E-state index is -4.45. The van der Waals surface area contributed by atoms with Gasteiger partial charge in [0, 0.05) is 5.69 Å². The molecule has 1 amide bonds. The van der Waals surface area contributed by atoms with Gasteiger partial charge in [0.25, 0.3) is 5.91 Å². The summed E-state index contributed by atoms with van der Waals surface area (Å²) in [4.78, 5) is 12.8. The Bertz CT molecular complexity index is 1550. The van der Waals surface area contributed by atoms with Crippen molar-refractivity contribution in [3.63, 3.8) is 0 Å². The molecule has 0 fully saturated rings. The van der Waals surface area contributed by atoms with Crippen LogP contribution in [0.2, 0.25) is 0 Å². The number of halogens is 3. The maximum absolute atomic E-state index is 12.8. The minimum absolute atomic E-state index is 0.0272. The van der Waals surface area contributed by atoms with Gasteiger partial charge >= 0.3 is 6.18 Å². The number of alkyl halides is 3. The highest BCUT2D eigenvalue weighted by molar-refractivity contribution is 6.04. The van der Waals surface area contributed by atoms with Gasteiger partial charge in [-0.15, -0.1) is 10.2 Å². The summed E-state index contributed by atoms with van der Waals surface area (Å²) in [7, 11) is 0. The molecule has 5 aromatic rings. The molecule has 9 heteroatoms. The van der Waals surface area contributed by atoms with Gasteiger partial charge in [0.2, 0.25) is 0 Å². The van der Waals surface area contributed by atoms with E-state index < -0.39 is 17.6 Å². The van der Waals surface area contributed by atoms with Crippen LogP contribution in [0.4, 0.5) is 18.9 Å². The molecule has 6 nitrogen and oxygen atoms in total. The van der Waals surface area contributed by atoms with Crippen molar-refractivity contribution in [3.05, 3.63) is 89.4 Å². The molecule has 0 bridgehead atoms. The zero-order valence-electron chi connectivity index (χ0n) is 18.2. The van der Waals surface area contributed by atoms with Gasteiger partial charge in [0.05, 0.1) is 22.5 Å². The number of aryl methyl sites for hydroxylation is 2. The van der Waals surface area contributed by atoms with Crippen molar-refractivity contribution >= 4 is 28.0 Å². The second-order valence-corrected chi connectivity index (χ2v) is 7.89. The quantitative estimate of drug-likeness (QED) is 0.367. The van der Waals surface area contributed by atoms with Gasteiger partial charge < -0.3 is 5.32 Å². The lowest BCUT2D eigenvalue weighted by atomic mass is 9.98. The van der Waals surface area contributed by atoms with Crippen LogP contribution in [0.5, 0.6) is 0 Å². The van der Waals surface area contributed by atoms with Gasteiger partial charge in [-0.05, 0) is 54.4 Å². The van der Waals surface area contributed by atoms with E-state index in [-0.39, 0.29) is 11.4 Å². The highest BCUT2D eigenvalue weighted by atomic mass is 19.4. The second-order valence-electron chi connectivity index (χ2n) is 7.89. The van der Waals surface area contributed by atoms with E-state index in [1.165, 1.54) is 12.1 Å². The van der Waals surface area contributed by atoms with Gasteiger partial charge in [0.1, 0.15) is 0 Å². The monoisotopic (exact) mass is 461 g/mol. The average molecular weight is 461 g/mol. The summed E-state index contributed by atoms with van der Waals surface area (Å²) >= 11 is 0. The maximum atomic E-state index is 12.8. The van der Waals surface area contributed by atoms with Crippen LogP contribution in [0.25, 0.3) is 27.5 Å². The third-order valence-electron chi connectivity index (χ3n) is 5.69. The van der Waals surface area contributed by atoms with Crippen molar-refractivity contribution in [3.8, 4) is 11.1 Å². The predicted octanol–water partition coefficient (Wildman–Crippen LogP) is 5.83. The molecule has 2 aromatic heterocycles. The van der Waals surface area contributed by atoms with Crippen molar-refractivity contribution in [2.24, 2.45) is 0 Å². The van der Waals surface area contributed by atoms with E-state index in [1.807, 2.05) is 49.4 Å². The highest BCUT2D eigenvalue weighted by Gasteiger charge is 2.30. The lowest BCUT2D eigenvalue weighted by Gasteiger charge is -2.10. The number of hydrogen-bond acceptors (Lipinski definition) is 4. The van der Waals surface area contributed by atoms with Crippen LogP contribution in [-0.4, -0.2) is 25.7 Å². The molecule has 3 aromatic carbocycles.